The molecule has 0 saturated carbocycles. The van der Waals surface area contributed by atoms with E-state index in [1.165, 1.54) is 0 Å². The van der Waals surface area contributed by atoms with Gasteiger partial charge in [-0.05, 0) is 37.1 Å². The van der Waals surface area contributed by atoms with E-state index in [1.807, 2.05) is 12.1 Å². The molecule has 4 rings (SSSR count). The van der Waals surface area contributed by atoms with Crippen molar-refractivity contribution >= 4 is 5.91 Å². The van der Waals surface area contributed by atoms with E-state index in [9.17, 15) is 4.79 Å². The number of aromatic nitrogens is 4. The normalized spacial score (nSPS) is 16.0. The minimum atomic E-state index is -1.37. The summed E-state index contributed by atoms with van der Waals surface area (Å²) in [5, 5.41) is 0. The first kappa shape index (κ1) is 18.2. The van der Waals surface area contributed by atoms with E-state index in [1.54, 1.807) is 54.2 Å². The smallest absolute Gasteiger partial charge is 0.256 e. The van der Waals surface area contributed by atoms with Gasteiger partial charge in [0.05, 0.1) is 17.0 Å². The number of nitrogens with zero attached hydrogens (tertiary/aromatic N) is 5. The summed E-state index contributed by atoms with van der Waals surface area (Å²) in [7, 11) is 0. The molecule has 1 fully saturated rings. The van der Waals surface area contributed by atoms with Gasteiger partial charge in [-0.2, -0.15) is 0 Å². The Morgan fingerprint density at radius 2 is 1.79 bits per heavy atom. The lowest BCUT2D eigenvalue weighted by molar-refractivity contribution is 0.0433. The summed E-state index contributed by atoms with van der Waals surface area (Å²) in [6.45, 7) is 0.723. The second-order valence-corrected chi connectivity index (χ2v) is 6.95. The largest absolute Gasteiger partial charge is 0.338 e. The molecule has 0 aliphatic carbocycles. The van der Waals surface area contributed by atoms with E-state index in [0.29, 0.717) is 30.0 Å². The summed E-state index contributed by atoms with van der Waals surface area (Å²) < 4.78 is 15.2. The zero-order valence-electron chi connectivity index (χ0n) is 15.3. The number of hydrogen-bond donors (Lipinski definition) is 0. The zero-order valence-corrected chi connectivity index (χ0v) is 15.3. The van der Waals surface area contributed by atoms with Crippen LogP contribution < -0.4 is 0 Å². The number of carbonyl (C=O) groups is 1. The predicted molar refractivity (Wildman–Crippen MR) is 102 cm³/mol. The van der Waals surface area contributed by atoms with Crippen molar-refractivity contribution in [3.8, 4) is 11.3 Å². The molecule has 1 aliphatic rings. The van der Waals surface area contributed by atoms with Gasteiger partial charge in [0.15, 0.2) is 0 Å². The van der Waals surface area contributed by atoms with Crippen LogP contribution in [-0.2, 0) is 6.42 Å². The molecule has 1 amide bonds. The topological polar surface area (TPSA) is 71.9 Å². The third-order valence-electron chi connectivity index (χ3n) is 5.05. The average molecular weight is 377 g/mol. The fourth-order valence-corrected chi connectivity index (χ4v) is 3.52. The molecule has 0 atom stereocenters. The van der Waals surface area contributed by atoms with Gasteiger partial charge in [-0.3, -0.25) is 24.7 Å². The van der Waals surface area contributed by atoms with Crippen LogP contribution in [0.15, 0.2) is 61.4 Å². The number of rotatable bonds is 4. The van der Waals surface area contributed by atoms with Gasteiger partial charge in [0.2, 0.25) is 0 Å². The third-order valence-corrected chi connectivity index (χ3v) is 5.05. The summed E-state index contributed by atoms with van der Waals surface area (Å²) in [5.74, 6) is -0.124. The molecule has 7 heteroatoms. The first-order valence-corrected chi connectivity index (χ1v) is 9.23. The van der Waals surface area contributed by atoms with Gasteiger partial charge in [-0.15, -0.1) is 0 Å². The molecule has 0 bridgehead atoms. The molecule has 3 aromatic heterocycles. The van der Waals surface area contributed by atoms with E-state index in [-0.39, 0.29) is 25.2 Å². The summed E-state index contributed by atoms with van der Waals surface area (Å²) in [4.78, 5) is 31.4. The molecule has 0 spiro atoms. The lowest BCUT2D eigenvalue weighted by Gasteiger charge is -2.36. The Bertz CT molecular complexity index is 943. The Morgan fingerprint density at radius 3 is 2.50 bits per heavy atom. The van der Waals surface area contributed by atoms with Crippen LogP contribution in [0.5, 0.6) is 0 Å². The van der Waals surface area contributed by atoms with Crippen LogP contribution in [0.4, 0.5) is 4.39 Å². The molecular formula is C21H20FN5O. The summed E-state index contributed by atoms with van der Waals surface area (Å²) in [5.41, 5.74) is 1.24. The average Bonchev–Trinajstić information content (AvgIpc) is 2.75. The molecule has 28 heavy (non-hydrogen) atoms. The van der Waals surface area contributed by atoms with Crippen molar-refractivity contribution in [3.05, 3.63) is 72.7 Å². The highest BCUT2D eigenvalue weighted by atomic mass is 19.1. The fraction of sp³-hybridized carbons (Fsp3) is 0.286. The maximum atomic E-state index is 15.2. The number of hydrogen-bond acceptors (Lipinski definition) is 5. The monoisotopic (exact) mass is 377 g/mol. The van der Waals surface area contributed by atoms with E-state index < -0.39 is 5.67 Å². The lowest BCUT2D eigenvalue weighted by atomic mass is 9.88. The molecule has 0 N–H and O–H groups in total. The number of amides is 1. The Balaban J connectivity index is 1.48. The maximum absolute atomic E-state index is 15.2. The van der Waals surface area contributed by atoms with Crippen LogP contribution in [0.3, 0.4) is 0 Å². The van der Waals surface area contributed by atoms with Crippen LogP contribution in [0, 0.1) is 0 Å². The van der Waals surface area contributed by atoms with E-state index in [0.717, 1.165) is 5.56 Å². The lowest BCUT2D eigenvalue weighted by Crippen LogP contribution is -2.45. The van der Waals surface area contributed by atoms with Gasteiger partial charge in [0, 0.05) is 62.3 Å². The number of likely N-dealkylation sites (tertiary alicyclic amines) is 1. The molecule has 1 aliphatic heterocycles. The van der Waals surface area contributed by atoms with Gasteiger partial charge in [0.25, 0.3) is 5.91 Å². The Labute approximate surface area is 162 Å². The fourth-order valence-electron chi connectivity index (χ4n) is 3.52. The van der Waals surface area contributed by atoms with Crippen molar-refractivity contribution in [3.63, 3.8) is 0 Å². The van der Waals surface area contributed by atoms with Crippen molar-refractivity contribution in [2.75, 3.05) is 13.1 Å². The molecule has 6 nitrogen and oxygen atoms in total. The minimum Gasteiger partial charge on any atom is -0.338 e. The summed E-state index contributed by atoms with van der Waals surface area (Å²) >= 11 is 0. The van der Waals surface area contributed by atoms with Gasteiger partial charge in [-0.25, -0.2) is 4.39 Å². The van der Waals surface area contributed by atoms with Crippen molar-refractivity contribution in [1.29, 1.82) is 0 Å². The molecule has 1 saturated heterocycles. The summed E-state index contributed by atoms with van der Waals surface area (Å²) in [6.07, 6.45) is 10.5. The quantitative estimate of drug-likeness (QED) is 0.699. The van der Waals surface area contributed by atoms with Gasteiger partial charge in [0.1, 0.15) is 5.67 Å². The first-order chi connectivity index (χ1) is 13.6. The van der Waals surface area contributed by atoms with E-state index >= 15 is 4.39 Å². The van der Waals surface area contributed by atoms with Crippen LogP contribution in [0.2, 0.25) is 0 Å². The first-order valence-electron chi connectivity index (χ1n) is 9.23. The molecule has 4 heterocycles. The van der Waals surface area contributed by atoms with Crippen molar-refractivity contribution < 1.29 is 9.18 Å². The van der Waals surface area contributed by atoms with E-state index in [4.69, 9.17) is 0 Å². The highest BCUT2D eigenvalue weighted by Crippen LogP contribution is 2.31. The number of halogens is 1. The molecule has 0 aromatic carbocycles. The highest BCUT2D eigenvalue weighted by Gasteiger charge is 2.37. The molecular weight excluding hydrogens is 357 g/mol. The molecule has 3 aromatic rings. The molecule has 0 unspecified atom stereocenters. The zero-order chi connectivity index (χ0) is 19.4. The molecule has 0 radical (unpaired) electrons. The van der Waals surface area contributed by atoms with Crippen molar-refractivity contribution in [2.45, 2.75) is 24.9 Å². The standard InChI is InChI=1S/C21H20FN5O/c22-21(14-17-15-24-10-11-25-17)5-12-27(13-6-21)20(28)18-2-1-7-26-19(18)16-3-8-23-9-4-16/h1-4,7-11,15H,5-6,12-14H2. The van der Waals surface area contributed by atoms with Gasteiger partial charge >= 0.3 is 0 Å². The molecule has 142 valence electrons. The Hall–Kier alpha value is -3.22. The SMILES string of the molecule is O=C(c1cccnc1-c1ccncc1)N1CCC(F)(Cc2cnccn2)CC1. The highest BCUT2D eigenvalue weighted by molar-refractivity contribution is 5.99. The number of piperidine rings is 1. The van der Waals surface area contributed by atoms with Crippen LogP contribution >= 0.6 is 0 Å². The number of carbonyl (C=O) groups excluding carboxylic acids is 1. The van der Waals surface area contributed by atoms with Crippen LogP contribution in [-0.4, -0.2) is 49.5 Å². The third kappa shape index (κ3) is 3.88. The van der Waals surface area contributed by atoms with Crippen molar-refractivity contribution in [1.82, 2.24) is 24.8 Å². The van der Waals surface area contributed by atoms with Crippen LogP contribution in [0.25, 0.3) is 11.3 Å². The second kappa shape index (κ2) is 7.80. The Morgan fingerprint density at radius 1 is 1.00 bits per heavy atom. The summed E-state index contributed by atoms with van der Waals surface area (Å²) in [6, 6.07) is 7.16. The maximum Gasteiger partial charge on any atom is 0.256 e. The minimum absolute atomic E-state index is 0.124. The van der Waals surface area contributed by atoms with Crippen LogP contribution in [0.1, 0.15) is 28.9 Å². The van der Waals surface area contributed by atoms with Gasteiger partial charge in [-0.1, -0.05) is 0 Å². The van der Waals surface area contributed by atoms with E-state index in [2.05, 4.69) is 19.9 Å². The predicted octanol–water partition coefficient (Wildman–Crippen LogP) is 3.12. The number of alkyl halides is 1. The second-order valence-electron chi connectivity index (χ2n) is 6.95. The number of pyridine rings is 2. The van der Waals surface area contributed by atoms with Crippen molar-refractivity contribution in [2.24, 2.45) is 0 Å². The van der Waals surface area contributed by atoms with Gasteiger partial charge < -0.3 is 4.90 Å². The Kier molecular flexibility index (Phi) is 5.06.